The van der Waals surface area contributed by atoms with Gasteiger partial charge in [0.25, 0.3) is 0 Å². The van der Waals surface area contributed by atoms with E-state index >= 15 is 0 Å². The molecule has 0 saturated heterocycles. The van der Waals surface area contributed by atoms with Gasteiger partial charge in [-0.15, -0.1) is 4.91 Å². The first-order chi connectivity index (χ1) is 6.22. The standard InChI is InChI=1S/C9H7IN2O.H2O/c1-5-2-6(12-13)3-7-8(5)4-11-9(7)10;/h2-3H,4H2,1H3;1H2. The van der Waals surface area contributed by atoms with E-state index in [0.717, 1.165) is 21.4 Å². The van der Waals surface area contributed by atoms with Gasteiger partial charge in [-0.05, 0) is 29.8 Å². The van der Waals surface area contributed by atoms with Gasteiger partial charge in [0.1, 0.15) is 5.69 Å². The average Bonchev–Trinajstić information content (AvgIpc) is 2.48. The minimum Gasteiger partial charge on any atom is -0.870 e. The molecule has 0 spiro atoms. The molecule has 14 heavy (non-hydrogen) atoms. The molecule has 74 valence electrons. The SMILES string of the molecule is Cc1cc(N=O)cc2c1C[NH+]=C2I.[OH-]. The Labute approximate surface area is 94.9 Å². The Morgan fingerprint density at radius 1 is 1.50 bits per heavy atom. The molecule has 1 aromatic rings. The van der Waals surface area contributed by atoms with Gasteiger partial charge in [-0.25, -0.2) is 4.99 Å². The van der Waals surface area contributed by atoms with Gasteiger partial charge in [0.05, 0.1) is 5.56 Å². The van der Waals surface area contributed by atoms with Crippen LogP contribution in [-0.2, 0) is 6.54 Å². The topological polar surface area (TPSA) is 73.4 Å². The zero-order valence-electron chi connectivity index (χ0n) is 7.54. The van der Waals surface area contributed by atoms with Gasteiger partial charge < -0.3 is 5.48 Å². The second-order valence-corrected chi connectivity index (χ2v) is 4.13. The van der Waals surface area contributed by atoms with E-state index in [-0.39, 0.29) is 5.48 Å². The van der Waals surface area contributed by atoms with Crippen molar-refractivity contribution >= 4 is 32.0 Å². The van der Waals surface area contributed by atoms with Crippen molar-refractivity contribution < 1.29 is 10.5 Å². The van der Waals surface area contributed by atoms with Crippen molar-refractivity contribution in [3.8, 4) is 0 Å². The summed E-state index contributed by atoms with van der Waals surface area (Å²) in [4.78, 5) is 13.6. The molecule has 5 heteroatoms. The van der Waals surface area contributed by atoms with Crippen LogP contribution in [0.2, 0.25) is 0 Å². The molecule has 2 N–H and O–H groups in total. The number of nitrogens with one attached hydrogen (secondary N) is 1. The molecule has 4 nitrogen and oxygen atoms in total. The van der Waals surface area contributed by atoms with E-state index in [1.807, 2.05) is 19.1 Å². The Kier molecular flexibility index (Phi) is 3.33. The Morgan fingerprint density at radius 2 is 2.21 bits per heavy atom. The summed E-state index contributed by atoms with van der Waals surface area (Å²) in [6.45, 7) is 2.86. The van der Waals surface area contributed by atoms with Gasteiger partial charge in [-0.3, -0.25) is 0 Å². The van der Waals surface area contributed by atoms with Crippen LogP contribution >= 0.6 is 22.6 Å². The molecule has 0 aliphatic carbocycles. The predicted octanol–water partition coefficient (Wildman–Crippen LogP) is 0.992. The lowest BCUT2D eigenvalue weighted by Crippen LogP contribution is -2.66. The Morgan fingerprint density at radius 3 is 2.86 bits per heavy atom. The zero-order chi connectivity index (χ0) is 9.42. The Hall–Kier alpha value is -0.820. The maximum atomic E-state index is 10.4. The van der Waals surface area contributed by atoms with Gasteiger partial charge in [0, 0.05) is 28.2 Å². The van der Waals surface area contributed by atoms with Crippen LogP contribution in [0.1, 0.15) is 16.7 Å². The molecule has 0 saturated carbocycles. The smallest absolute Gasteiger partial charge is 0.242 e. The van der Waals surface area contributed by atoms with Crippen LogP contribution < -0.4 is 4.99 Å². The summed E-state index contributed by atoms with van der Waals surface area (Å²) >= 11 is 2.23. The third-order valence-corrected chi connectivity index (χ3v) is 3.18. The highest BCUT2D eigenvalue weighted by molar-refractivity contribution is 14.1. The summed E-state index contributed by atoms with van der Waals surface area (Å²) < 4.78 is 1.10. The summed E-state index contributed by atoms with van der Waals surface area (Å²) in [5.74, 6) is 0. The maximum Gasteiger partial charge on any atom is 0.242 e. The number of hydrogen-bond acceptors (Lipinski definition) is 3. The fourth-order valence-corrected chi connectivity index (χ4v) is 2.21. The molecule has 0 unspecified atom stereocenters. The normalized spacial score (nSPS) is 12.9. The molecule has 0 aromatic heterocycles. The monoisotopic (exact) mass is 304 g/mol. The Bertz CT molecular complexity index is 416. The van der Waals surface area contributed by atoms with E-state index in [2.05, 4.69) is 32.8 Å². The molecule has 0 atom stereocenters. The average molecular weight is 304 g/mol. The molecule has 0 bridgehead atoms. The lowest BCUT2D eigenvalue weighted by atomic mass is 10.0. The summed E-state index contributed by atoms with van der Waals surface area (Å²) in [6.07, 6.45) is 0. The predicted molar refractivity (Wildman–Crippen MR) is 61.4 cm³/mol. The van der Waals surface area contributed by atoms with Gasteiger partial charge in [0.2, 0.25) is 3.72 Å². The second-order valence-electron chi connectivity index (χ2n) is 3.05. The first kappa shape index (κ1) is 11.3. The first-order valence-electron chi connectivity index (χ1n) is 3.96. The summed E-state index contributed by atoms with van der Waals surface area (Å²) in [7, 11) is 0. The third kappa shape index (κ3) is 1.69. The highest BCUT2D eigenvalue weighted by atomic mass is 127. The van der Waals surface area contributed by atoms with Crippen LogP contribution in [-0.4, -0.2) is 9.19 Å². The van der Waals surface area contributed by atoms with Gasteiger partial charge in [0.15, 0.2) is 6.54 Å². The molecule has 1 aliphatic rings. The van der Waals surface area contributed by atoms with E-state index in [9.17, 15) is 4.91 Å². The molecule has 1 aliphatic heterocycles. The fraction of sp³-hybridized carbons (Fsp3) is 0.222. The number of rotatable bonds is 1. The van der Waals surface area contributed by atoms with Crippen LogP contribution in [0.15, 0.2) is 17.3 Å². The lowest BCUT2D eigenvalue weighted by molar-refractivity contribution is -0.465. The molecule has 2 rings (SSSR count). The van der Waals surface area contributed by atoms with Crippen molar-refractivity contribution in [3.05, 3.63) is 33.7 Å². The largest absolute Gasteiger partial charge is 0.870 e. The number of halogens is 1. The third-order valence-electron chi connectivity index (χ3n) is 2.22. The molecule has 1 aromatic carbocycles. The number of fused-ring (bicyclic) bond motifs is 1. The van der Waals surface area contributed by atoms with E-state index < -0.39 is 0 Å². The van der Waals surface area contributed by atoms with Crippen molar-refractivity contribution in [2.24, 2.45) is 5.18 Å². The van der Waals surface area contributed by atoms with E-state index in [1.54, 1.807) is 0 Å². The Balaban J connectivity index is 0.000000980. The minimum atomic E-state index is 0. The van der Waals surface area contributed by atoms with Crippen molar-refractivity contribution in [1.29, 1.82) is 0 Å². The number of nitroso groups, excluding NO2 is 1. The molecule has 0 amide bonds. The molecular formula is C9H9IN2O2. The minimum absolute atomic E-state index is 0. The molecule has 1 heterocycles. The number of benzene rings is 1. The van der Waals surface area contributed by atoms with Crippen LogP contribution in [0.3, 0.4) is 0 Å². The lowest BCUT2D eigenvalue weighted by Gasteiger charge is -1.99. The van der Waals surface area contributed by atoms with Gasteiger partial charge in [-0.2, -0.15) is 0 Å². The van der Waals surface area contributed by atoms with E-state index in [1.165, 1.54) is 5.56 Å². The first-order valence-corrected chi connectivity index (χ1v) is 5.04. The fourth-order valence-electron chi connectivity index (χ4n) is 1.54. The molecule has 0 radical (unpaired) electrons. The van der Waals surface area contributed by atoms with Crippen LogP contribution in [0.25, 0.3) is 0 Å². The van der Waals surface area contributed by atoms with Gasteiger partial charge >= 0.3 is 0 Å². The quantitative estimate of drug-likeness (QED) is 0.621. The van der Waals surface area contributed by atoms with Crippen molar-refractivity contribution in [2.45, 2.75) is 13.5 Å². The maximum absolute atomic E-state index is 10.4. The number of aryl methyl sites for hydroxylation is 1. The van der Waals surface area contributed by atoms with Crippen LogP contribution in [0.5, 0.6) is 0 Å². The summed E-state index contributed by atoms with van der Waals surface area (Å²) in [5, 5.41) is 2.95. The van der Waals surface area contributed by atoms with Crippen LogP contribution in [0, 0.1) is 11.8 Å². The van der Waals surface area contributed by atoms with Crippen molar-refractivity contribution in [2.75, 3.05) is 0 Å². The molecule has 0 fully saturated rings. The van der Waals surface area contributed by atoms with Gasteiger partial charge in [-0.1, -0.05) is 0 Å². The molecular weight excluding hydrogens is 295 g/mol. The number of hydrogen-bond donors (Lipinski definition) is 1. The van der Waals surface area contributed by atoms with Crippen molar-refractivity contribution in [1.82, 2.24) is 0 Å². The second kappa shape index (κ2) is 4.14. The van der Waals surface area contributed by atoms with Crippen molar-refractivity contribution in [3.63, 3.8) is 0 Å². The summed E-state index contributed by atoms with van der Waals surface area (Å²) in [6, 6.07) is 3.65. The number of nitrogens with zero attached hydrogens (tertiary/aromatic N) is 1. The highest BCUT2D eigenvalue weighted by Gasteiger charge is 2.22. The van der Waals surface area contributed by atoms with Crippen LogP contribution in [0.4, 0.5) is 5.69 Å². The zero-order valence-corrected chi connectivity index (χ0v) is 9.70. The highest BCUT2D eigenvalue weighted by Crippen LogP contribution is 2.24. The summed E-state index contributed by atoms with van der Waals surface area (Å²) in [5.41, 5.74) is 4.03. The van der Waals surface area contributed by atoms with E-state index in [4.69, 9.17) is 0 Å². The van der Waals surface area contributed by atoms with E-state index in [0.29, 0.717) is 5.69 Å².